The lowest BCUT2D eigenvalue weighted by Gasteiger charge is -2.04. The van der Waals surface area contributed by atoms with Crippen molar-refractivity contribution in [3.05, 3.63) is 25.4 Å². The Kier molecular flexibility index (Phi) is 5.24. The quantitative estimate of drug-likeness (QED) is 0.660. The number of H-pyrrole nitrogens is 1. The van der Waals surface area contributed by atoms with Crippen molar-refractivity contribution in [2.75, 3.05) is 13.7 Å². The van der Waals surface area contributed by atoms with Crippen LogP contribution in [-0.2, 0) is 17.6 Å². The lowest BCUT2D eigenvalue weighted by atomic mass is 10.2. The number of aromatic nitrogens is 2. The number of ether oxygens (including phenoxy) is 1. The molecule has 4 nitrogen and oxygen atoms in total. The maximum Gasteiger partial charge on any atom is 0.264 e. The number of hydrogen-bond acceptors (Lipinski definition) is 3. The summed E-state index contributed by atoms with van der Waals surface area (Å²) in [5.41, 5.74) is 0.849. The molecule has 0 spiro atoms. The van der Waals surface area contributed by atoms with Gasteiger partial charge in [0.05, 0.1) is 9.26 Å². The van der Waals surface area contributed by atoms with Gasteiger partial charge in [0.25, 0.3) is 5.56 Å². The van der Waals surface area contributed by atoms with Gasteiger partial charge in [-0.1, -0.05) is 6.92 Å². The second-order valence-corrected chi connectivity index (χ2v) is 4.30. The molecule has 15 heavy (non-hydrogen) atoms. The van der Waals surface area contributed by atoms with Crippen LogP contribution < -0.4 is 5.56 Å². The second-order valence-electron chi connectivity index (χ2n) is 3.22. The third-order valence-electron chi connectivity index (χ3n) is 2.08. The molecule has 0 saturated carbocycles. The van der Waals surface area contributed by atoms with Crippen LogP contribution in [0, 0.1) is 3.57 Å². The van der Waals surface area contributed by atoms with Crippen LogP contribution in [0.4, 0.5) is 0 Å². The SMILES string of the molecule is CCc1nc(CCCOC)[nH]c(=O)c1I. The van der Waals surface area contributed by atoms with Crippen LogP contribution in [0.1, 0.15) is 24.9 Å². The van der Waals surface area contributed by atoms with E-state index in [4.69, 9.17) is 4.74 Å². The average molecular weight is 322 g/mol. The van der Waals surface area contributed by atoms with Gasteiger partial charge in [-0.2, -0.15) is 0 Å². The summed E-state index contributed by atoms with van der Waals surface area (Å²) >= 11 is 2.04. The molecule has 0 bridgehead atoms. The molecular weight excluding hydrogens is 307 g/mol. The van der Waals surface area contributed by atoms with Crippen molar-refractivity contribution >= 4 is 22.6 Å². The number of hydrogen-bond donors (Lipinski definition) is 1. The van der Waals surface area contributed by atoms with Gasteiger partial charge < -0.3 is 9.72 Å². The highest BCUT2D eigenvalue weighted by Gasteiger charge is 2.06. The summed E-state index contributed by atoms with van der Waals surface area (Å²) in [5.74, 6) is 0.759. The van der Waals surface area contributed by atoms with E-state index in [2.05, 4.69) is 9.97 Å². The largest absolute Gasteiger partial charge is 0.385 e. The molecule has 0 saturated heterocycles. The first kappa shape index (κ1) is 12.6. The van der Waals surface area contributed by atoms with Crippen molar-refractivity contribution in [1.82, 2.24) is 9.97 Å². The zero-order valence-corrected chi connectivity index (χ0v) is 11.1. The highest BCUT2D eigenvalue weighted by atomic mass is 127. The van der Waals surface area contributed by atoms with E-state index in [9.17, 15) is 4.79 Å². The molecule has 0 aliphatic rings. The Morgan fingerprint density at radius 2 is 2.27 bits per heavy atom. The predicted molar refractivity (Wildman–Crippen MR) is 67.1 cm³/mol. The molecule has 0 radical (unpaired) electrons. The van der Waals surface area contributed by atoms with E-state index < -0.39 is 0 Å². The summed E-state index contributed by atoms with van der Waals surface area (Å²) in [5, 5.41) is 0. The van der Waals surface area contributed by atoms with E-state index in [1.165, 1.54) is 0 Å². The fraction of sp³-hybridized carbons (Fsp3) is 0.600. The number of methoxy groups -OCH3 is 1. The molecule has 0 aliphatic heterocycles. The molecule has 5 heteroatoms. The fourth-order valence-electron chi connectivity index (χ4n) is 1.29. The van der Waals surface area contributed by atoms with Crippen LogP contribution >= 0.6 is 22.6 Å². The topological polar surface area (TPSA) is 55.0 Å². The van der Waals surface area contributed by atoms with E-state index >= 15 is 0 Å². The normalized spacial score (nSPS) is 10.6. The standard InChI is InChI=1S/C10H15IN2O2/c1-3-7-9(11)10(14)13-8(12-7)5-4-6-15-2/h3-6H2,1-2H3,(H,12,13,14). The number of nitrogens with one attached hydrogen (secondary N) is 1. The van der Waals surface area contributed by atoms with E-state index in [-0.39, 0.29) is 5.56 Å². The van der Waals surface area contributed by atoms with Gasteiger partial charge in [-0.05, 0) is 35.4 Å². The molecule has 0 amide bonds. The summed E-state index contributed by atoms with van der Waals surface area (Å²) in [7, 11) is 1.67. The lowest BCUT2D eigenvalue weighted by molar-refractivity contribution is 0.194. The molecule has 1 aromatic rings. The van der Waals surface area contributed by atoms with Crippen molar-refractivity contribution in [2.24, 2.45) is 0 Å². The Hall–Kier alpha value is -0.430. The number of aryl methyl sites for hydroxylation is 2. The van der Waals surface area contributed by atoms with Crippen LogP contribution in [0.2, 0.25) is 0 Å². The summed E-state index contributed by atoms with van der Waals surface area (Å²) < 4.78 is 5.65. The zero-order chi connectivity index (χ0) is 11.3. The highest BCUT2D eigenvalue weighted by Crippen LogP contribution is 2.05. The molecule has 0 fully saturated rings. The fourth-order valence-corrected chi connectivity index (χ4v) is 1.93. The molecule has 1 aromatic heterocycles. The highest BCUT2D eigenvalue weighted by molar-refractivity contribution is 14.1. The maximum atomic E-state index is 11.5. The third-order valence-corrected chi connectivity index (χ3v) is 3.19. The van der Waals surface area contributed by atoms with Gasteiger partial charge in [0.1, 0.15) is 5.82 Å². The summed E-state index contributed by atoms with van der Waals surface area (Å²) in [6, 6.07) is 0. The molecule has 1 rings (SSSR count). The minimum atomic E-state index is -0.0325. The van der Waals surface area contributed by atoms with E-state index in [1.54, 1.807) is 7.11 Å². The summed E-state index contributed by atoms with van der Waals surface area (Å²) in [6.07, 6.45) is 2.43. The lowest BCUT2D eigenvalue weighted by Crippen LogP contribution is -2.18. The predicted octanol–water partition coefficient (Wildman–Crippen LogP) is 1.52. The number of halogens is 1. The molecule has 0 unspecified atom stereocenters. The van der Waals surface area contributed by atoms with Gasteiger partial charge in [-0.15, -0.1) is 0 Å². The molecule has 0 atom stereocenters. The van der Waals surface area contributed by atoms with Crippen molar-refractivity contribution in [2.45, 2.75) is 26.2 Å². The van der Waals surface area contributed by atoms with Crippen LogP contribution in [-0.4, -0.2) is 23.7 Å². The Labute approximate surface area is 103 Å². The Balaban J connectivity index is 2.82. The Morgan fingerprint density at radius 1 is 1.53 bits per heavy atom. The third kappa shape index (κ3) is 3.57. The number of rotatable bonds is 5. The Morgan fingerprint density at radius 3 is 2.87 bits per heavy atom. The minimum Gasteiger partial charge on any atom is -0.385 e. The van der Waals surface area contributed by atoms with Gasteiger partial charge in [-0.25, -0.2) is 4.98 Å². The van der Waals surface area contributed by atoms with Gasteiger partial charge in [0.15, 0.2) is 0 Å². The van der Waals surface area contributed by atoms with Crippen molar-refractivity contribution in [3.8, 4) is 0 Å². The van der Waals surface area contributed by atoms with E-state index in [0.717, 1.165) is 30.8 Å². The summed E-state index contributed by atoms with van der Waals surface area (Å²) in [4.78, 5) is 18.7. The first-order valence-corrected chi connectivity index (χ1v) is 6.03. The maximum absolute atomic E-state index is 11.5. The van der Waals surface area contributed by atoms with Crippen molar-refractivity contribution in [1.29, 1.82) is 0 Å². The van der Waals surface area contributed by atoms with Crippen LogP contribution in [0.5, 0.6) is 0 Å². The smallest absolute Gasteiger partial charge is 0.264 e. The first-order chi connectivity index (χ1) is 7.19. The monoisotopic (exact) mass is 322 g/mol. The van der Waals surface area contributed by atoms with E-state index in [1.807, 2.05) is 29.5 Å². The van der Waals surface area contributed by atoms with Crippen LogP contribution in [0.3, 0.4) is 0 Å². The van der Waals surface area contributed by atoms with Crippen molar-refractivity contribution < 1.29 is 4.74 Å². The number of aromatic amines is 1. The summed E-state index contributed by atoms with van der Waals surface area (Å²) in [6.45, 7) is 2.69. The molecule has 1 N–H and O–H groups in total. The molecule has 1 heterocycles. The Bertz CT molecular complexity index is 376. The molecule has 84 valence electrons. The minimum absolute atomic E-state index is 0.0325. The van der Waals surface area contributed by atoms with E-state index in [0.29, 0.717) is 10.2 Å². The van der Waals surface area contributed by atoms with Gasteiger partial charge in [0.2, 0.25) is 0 Å². The number of nitrogens with zero attached hydrogens (tertiary/aromatic N) is 1. The van der Waals surface area contributed by atoms with Crippen LogP contribution in [0.25, 0.3) is 0 Å². The van der Waals surface area contributed by atoms with Gasteiger partial charge in [0, 0.05) is 20.1 Å². The van der Waals surface area contributed by atoms with Crippen molar-refractivity contribution in [3.63, 3.8) is 0 Å². The van der Waals surface area contributed by atoms with Crippen LogP contribution in [0.15, 0.2) is 4.79 Å². The first-order valence-electron chi connectivity index (χ1n) is 4.95. The van der Waals surface area contributed by atoms with Gasteiger partial charge >= 0.3 is 0 Å². The molecule has 0 aliphatic carbocycles. The second kappa shape index (κ2) is 6.22. The average Bonchev–Trinajstić information content (AvgIpc) is 2.23. The van der Waals surface area contributed by atoms with Gasteiger partial charge in [-0.3, -0.25) is 4.79 Å². The zero-order valence-electron chi connectivity index (χ0n) is 8.97. The molecule has 0 aromatic carbocycles. The molecular formula is C10H15IN2O2.